The third-order valence-corrected chi connectivity index (χ3v) is 8.35. The lowest BCUT2D eigenvalue weighted by Crippen LogP contribution is -2.42. The number of hydrazone groups is 1. The topological polar surface area (TPSA) is 133 Å². The van der Waals surface area contributed by atoms with Crippen LogP contribution in [0.1, 0.15) is 19.3 Å². The number of nitrogens with zero attached hydrogens (tertiary/aromatic N) is 3. The predicted octanol–water partition coefficient (Wildman–Crippen LogP) is 0.0409. The van der Waals surface area contributed by atoms with E-state index in [1.54, 1.807) is 0 Å². The van der Waals surface area contributed by atoms with Gasteiger partial charge in [0.1, 0.15) is 5.71 Å². The zero-order valence-corrected chi connectivity index (χ0v) is 17.7. The zero-order valence-electron chi connectivity index (χ0n) is 16.0. The summed E-state index contributed by atoms with van der Waals surface area (Å²) < 4.78 is 48.6. The molecule has 2 amide bonds. The Balaban J connectivity index is 1.73. The summed E-state index contributed by atoms with van der Waals surface area (Å²) in [7, 11) is -3.91. The molecule has 1 aromatic carbocycles. The van der Waals surface area contributed by atoms with E-state index in [1.165, 1.54) is 38.4 Å². The average molecular weight is 443 g/mol. The van der Waals surface area contributed by atoms with Crippen molar-refractivity contribution in [2.75, 3.05) is 30.9 Å². The molecule has 3 rings (SSSR count). The number of sulfone groups is 1. The van der Waals surface area contributed by atoms with Crippen LogP contribution in [0.3, 0.4) is 0 Å². The van der Waals surface area contributed by atoms with Crippen molar-refractivity contribution >= 4 is 43.1 Å². The van der Waals surface area contributed by atoms with Crippen molar-refractivity contribution in [3.05, 3.63) is 24.3 Å². The van der Waals surface area contributed by atoms with Crippen LogP contribution in [-0.2, 0) is 29.4 Å². The lowest BCUT2D eigenvalue weighted by molar-refractivity contribution is -0.133. The molecule has 1 unspecified atom stereocenters. The molecular formula is C17H22N4O6S2. The van der Waals surface area contributed by atoms with Crippen LogP contribution in [0.2, 0.25) is 0 Å². The van der Waals surface area contributed by atoms with Crippen LogP contribution in [0.4, 0.5) is 5.69 Å². The number of rotatable bonds is 5. The van der Waals surface area contributed by atoms with E-state index in [-0.39, 0.29) is 40.9 Å². The molecule has 158 valence electrons. The third kappa shape index (κ3) is 4.65. The van der Waals surface area contributed by atoms with Crippen LogP contribution in [0.5, 0.6) is 0 Å². The second-order valence-electron chi connectivity index (χ2n) is 7.11. The van der Waals surface area contributed by atoms with E-state index < -0.39 is 31.8 Å². The Morgan fingerprint density at radius 1 is 1.21 bits per heavy atom. The average Bonchev–Trinajstić information content (AvgIpc) is 3.02. The van der Waals surface area contributed by atoms with Gasteiger partial charge in [-0.1, -0.05) is 0 Å². The highest BCUT2D eigenvalue weighted by Gasteiger charge is 2.37. The summed E-state index contributed by atoms with van der Waals surface area (Å²) in [5, 5.41) is 7.86. The van der Waals surface area contributed by atoms with Crippen molar-refractivity contribution in [1.29, 1.82) is 0 Å². The molecule has 1 saturated heterocycles. The van der Waals surface area contributed by atoms with E-state index >= 15 is 0 Å². The number of hydrogen-bond donors (Lipinski definition) is 1. The summed E-state index contributed by atoms with van der Waals surface area (Å²) in [6, 6.07) is 5.14. The number of carbonyl (C=O) groups excluding carboxylic acids is 2. The number of hydrogen-bond acceptors (Lipinski definition) is 7. The Morgan fingerprint density at radius 3 is 2.41 bits per heavy atom. The number of sulfonamides is 1. The van der Waals surface area contributed by atoms with Gasteiger partial charge in [0, 0.05) is 32.6 Å². The van der Waals surface area contributed by atoms with Gasteiger partial charge in [0.15, 0.2) is 9.84 Å². The zero-order chi connectivity index (χ0) is 21.4. The van der Waals surface area contributed by atoms with Crippen molar-refractivity contribution in [3.8, 4) is 0 Å². The standard InChI is InChI=1S/C17H22N4O6S2/c1-20(2)29(26,27)14-5-3-12(4-6-14)18-17(23)15-7-8-16(22)21(19-15)13-9-10-28(24,25)11-13/h3-6,13H,7-11H2,1-2H3,(H,18,23). The van der Waals surface area contributed by atoms with Crippen molar-refractivity contribution in [2.45, 2.75) is 30.2 Å². The predicted molar refractivity (Wildman–Crippen MR) is 107 cm³/mol. The van der Waals surface area contributed by atoms with E-state index in [0.29, 0.717) is 12.1 Å². The third-order valence-electron chi connectivity index (χ3n) is 4.77. The van der Waals surface area contributed by atoms with Gasteiger partial charge in [-0.3, -0.25) is 9.59 Å². The number of nitrogens with one attached hydrogen (secondary N) is 1. The van der Waals surface area contributed by atoms with Gasteiger partial charge in [-0.05, 0) is 30.7 Å². The van der Waals surface area contributed by atoms with Crippen LogP contribution in [0.25, 0.3) is 0 Å². The molecule has 1 aromatic rings. The second-order valence-corrected chi connectivity index (χ2v) is 11.5. The van der Waals surface area contributed by atoms with Gasteiger partial charge in [0.25, 0.3) is 5.91 Å². The minimum atomic E-state index is -3.57. The Bertz CT molecular complexity index is 1060. The maximum Gasteiger partial charge on any atom is 0.271 e. The Hall–Kier alpha value is -2.31. The number of amides is 2. The maximum absolute atomic E-state index is 12.5. The summed E-state index contributed by atoms with van der Waals surface area (Å²) in [6.45, 7) is 0. The van der Waals surface area contributed by atoms with Gasteiger partial charge in [-0.25, -0.2) is 26.1 Å². The molecule has 12 heteroatoms. The molecule has 0 spiro atoms. The number of benzene rings is 1. The molecule has 10 nitrogen and oxygen atoms in total. The fourth-order valence-corrected chi connectivity index (χ4v) is 5.71. The fourth-order valence-electron chi connectivity index (χ4n) is 3.11. The summed E-state index contributed by atoms with van der Waals surface area (Å²) in [5.74, 6) is -0.979. The van der Waals surface area contributed by atoms with Crippen LogP contribution in [0.15, 0.2) is 34.3 Å². The molecular weight excluding hydrogens is 420 g/mol. The van der Waals surface area contributed by atoms with E-state index in [2.05, 4.69) is 10.4 Å². The minimum absolute atomic E-state index is 0.000696. The quantitative estimate of drug-likeness (QED) is 0.684. The first-order chi connectivity index (χ1) is 13.5. The van der Waals surface area contributed by atoms with Crippen LogP contribution in [0, 0.1) is 0 Å². The molecule has 0 bridgehead atoms. The Labute approximate surface area is 169 Å². The summed E-state index contributed by atoms with van der Waals surface area (Å²) in [6.07, 6.45) is 0.519. The first-order valence-corrected chi connectivity index (χ1v) is 12.2. The molecule has 1 N–H and O–H groups in total. The highest BCUT2D eigenvalue weighted by atomic mass is 32.2. The van der Waals surface area contributed by atoms with Gasteiger partial charge < -0.3 is 5.32 Å². The lowest BCUT2D eigenvalue weighted by atomic mass is 10.1. The highest BCUT2D eigenvalue weighted by Crippen LogP contribution is 2.23. The molecule has 2 heterocycles. The molecule has 0 aliphatic carbocycles. The molecule has 1 atom stereocenters. The highest BCUT2D eigenvalue weighted by molar-refractivity contribution is 7.91. The van der Waals surface area contributed by atoms with Gasteiger partial charge in [-0.2, -0.15) is 5.10 Å². The molecule has 0 radical (unpaired) electrons. The molecule has 29 heavy (non-hydrogen) atoms. The van der Waals surface area contributed by atoms with Crippen molar-refractivity contribution < 1.29 is 26.4 Å². The first-order valence-electron chi connectivity index (χ1n) is 8.93. The van der Waals surface area contributed by atoms with E-state index in [1.807, 2.05) is 0 Å². The van der Waals surface area contributed by atoms with E-state index in [9.17, 15) is 26.4 Å². The van der Waals surface area contributed by atoms with E-state index in [0.717, 1.165) is 9.31 Å². The summed E-state index contributed by atoms with van der Waals surface area (Å²) >= 11 is 0. The van der Waals surface area contributed by atoms with Crippen LogP contribution in [-0.4, -0.2) is 75.3 Å². The van der Waals surface area contributed by atoms with Crippen LogP contribution < -0.4 is 5.32 Å². The van der Waals surface area contributed by atoms with Crippen molar-refractivity contribution in [2.24, 2.45) is 5.10 Å². The lowest BCUT2D eigenvalue weighted by Gasteiger charge is -2.27. The monoisotopic (exact) mass is 442 g/mol. The van der Waals surface area contributed by atoms with Crippen molar-refractivity contribution in [1.82, 2.24) is 9.31 Å². The normalized spacial score (nSPS) is 21.9. The van der Waals surface area contributed by atoms with Gasteiger partial charge in [0.05, 0.1) is 22.4 Å². The first kappa shape index (κ1) is 21.4. The minimum Gasteiger partial charge on any atom is -0.321 e. The Morgan fingerprint density at radius 2 is 1.86 bits per heavy atom. The van der Waals surface area contributed by atoms with E-state index in [4.69, 9.17) is 0 Å². The molecule has 2 aliphatic heterocycles. The second kappa shape index (κ2) is 7.84. The van der Waals surface area contributed by atoms with Crippen LogP contribution >= 0.6 is 0 Å². The maximum atomic E-state index is 12.5. The van der Waals surface area contributed by atoms with Gasteiger partial charge >= 0.3 is 0 Å². The molecule has 0 aromatic heterocycles. The number of carbonyl (C=O) groups is 2. The molecule has 2 aliphatic rings. The molecule has 0 saturated carbocycles. The largest absolute Gasteiger partial charge is 0.321 e. The fraction of sp³-hybridized carbons (Fsp3) is 0.471. The summed E-state index contributed by atoms with van der Waals surface area (Å²) in [4.78, 5) is 24.8. The van der Waals surface area contributed by atoms with Crippen molar-refractivity contribution in [3.63, 3.8) is 0 Å². The number of anilines is 1. The Kier molecular flexibility index (Phi) is 5.79. The molecule has 1 fully saturated rings. The smallest absolute Gasteiger partial charge is 0.271 e. The SMILES string of the molecule is CN(C)S(=O)(=O)c1ccc(NC(=O)C2=NN(C3CCS(=O)(=O)C3)C(=O)CC2)cc1. The van der Waals surface area contributed by atoms with Gasteiger partial charge in [-0.15, -0.1) is 0 Å². The van der Waals surface area contributed by atoms with Gasteiger partial charge in [0.2, 0.25) is 15.9 Å². The summed E-state index contributed by atoms with van der Waals surface area (Å²) in [5.41, 5.74) is 0.501.